The number of aromatic nitrogens is 3. The number of nitrogens with one attached hydrogen (secondary N) is 1. The van der Waals surface area contributed by atoms with E-state index in [-0.39, 0.29) is 22.6 Å². The summed E-state index contributed by atoms with van der Waals surface area (Å²) in [6.07, 6.45) is 1.82. The molecule has 0 aliphatic carbocycles. The Labute approximate surface area is 166 Å². The summed E-state index contributed by atoms with van der Waals surface area (Å²) in [5, 5.41) is 12.1. The number of hydrogen-bond donors (Lipinski definition) is 1. The molecule has 0 unspecified atom stereocenters. The molecule has 5 nitrogen and oxygen atoms in total. The monoisotopic (exact) mass is 386 g/mol. The van der Waals surface area contributed by atoms with E-state index in [1.54, 1.807) is 0 Å². The Hall–Kier alpha value is -2.08. The van der Waals surface area contributed by atoms with Gasteiger partial charge in [0.25, 0.3) is 0 Å². The molecule has 0 aliphatic heterocycles. The number of carbonyl (C=O) groups is 1. The van der Waals surface area contributed by atoms with Gasteiger partial charge in [0.2, 0.25) is 5.91 Å². The number of benzene rings is 1. The van der Waals surface area contributed by atoms with Crippen LogP contribution in [0.25, 0.3) is 11.4 Å². The fourth-order valence-corrected chi connectivity index (χ4v) is 3.48. The van der Waals surface area contributed by atoms with Crippen molar-refractivity contribution >= 4 is 17.7 Å². The number of amides is 1. The van der Waals surface area contributed by atoms with E-state index in [9.17, 15) is 4.79 Å². The third kappa shape index (κ3) is 5.45. The van der Waals surface area contributed by atoms with E-state index in [4.69, 9.17) is 0 Å². The van der Waals surface area contributed by atoms with Crippen molar-refractivity contribution in [3.8, 4) is 11.4 Å². The van der Waals surface area contributed by atoms with E-state index in [0.29, 0.717) is 6.54 Å². The molecule has 0 fully saturated rings. The Kier molecular flexibility index (Phi) is 6.87. The molecule has 1 aromatic heterocycles. The number of thioether (sulfide) groups is 1. The largest absolute Gasteiger partial charge is 0.353 e. The van der Waals surface area contributed by atoms with E-state index in [0.717, 1.165) is 16.5 Å². The minimum absolute atomic E-state index is 0.000710. The smallest absolute Gasteiger partial charge is 0.233 e. The summed E-state index contributed by atoms with van der Waals surface area (Å²) in [4.78, 5) is 12.2. The van der Waals surface area contributed by atoms with Gasteiger partial charge in [-0.3, -0.25) is 9.36 Å². The SMILES string of the molecule is C=CCn1c(S[C@@H](C)C(=O)NC(C)C)nnc1-c1ccc(C(C)(C)C)cc1. The molecular weight excluding hydrogens is 356 g/mol. The molecule has 0 radical (unpaired) electrons. The lowest BCUT2D eigenvalue weighted by Gasteiger charge is -2.19. The van der Waals surface area contributed by atoms with Gasteiger partial charge in [-0.05, 0) is 31.7 Å². The van der Waals surface area contributed by atoms with Gasteiger partial charge in [0, 0.05) is 18.2 Å². The Morgan fingerprint density at radius 1 is 1.22 bits per heavy atom. The van der Waals surface area contributed by atoms with Crippen molar-refractivity contribution < 1.29 is 4.79 Å². The van der Waals surface area contributed by atoms with E-state index < -0.39 is 0 Å². The summed E-state index contributed by atoms with van der Waals surface area (Å²) in [7, 11) is 0. The van der Waals surface area contributed by atoms with Crippen LogP contribution in [-0.4, -0.2) is 32.0 Å². The van der Waals surface area contributed by atoms with Crippen molar-refractivity contribution in [1.82, 2.24) is 20.1 Å². The summed E-state index contributed by atoms with van der Waals surface area (Å²) >= 11 is 1.41. The molecule has 0 aliphatic rings. The molecule has 0 saturated heterocycles. The van der Waals surface area contributed by atoms with Crippen LogP contribution in [0, 0.1) is 0 Å². The summed E-state index contributed by atoms with van der Waals surface area (Å²) in [5.74, 6) is 0.786. The standard InChI is InChI=1S/C21H30N4OS/c1-8-13-25-18(16-9-11-17(12-10-16)21(5,6)7)23-24-20(25)27-15(4)19(26)22-14(2)3/h8-12,14-15H,1,13H2,2-7H3,(H,22,26)/t15-/m0/s1. The van der Waals surface area contributed by atoms with Crippen molar-refractivity contribution in [2.75, 3.05) is 0 Å². The van der Waals surface area contributed by atoms with Gasteiger partial charge in [0.05, 0.1) is 5.25 Å². The zero-order valence-electron chi connectivity index (χ0n) is 17.1. The van der Waals surface area contributed by atoms with Crippen LogP contribution in [0.3, 0.4) is 0 Å². The zero-order chi connectivity index (χ0) is 20.2. The first-order chi connectivity index (χ1) is 12.6. The van der Waals surface area contributed by atoms with E-state index in [1.165, 1.54) is 17.3 Å². The van der Waals surface area contributed by atoms with Crippen molar-refractivity contribution in [3.05, 3.63) is 42.5 Å². The molecule has 1 aromatic carbocycles. The molecule has 1 amide bonds. The molecule has 27 heavy (non-hydrogen) atoms. The maximum absolute atomic E-state index is 12.2. The van der Waals surface area contributed by atoms with Crippen LogP contribution in [0.1, 0.15) is 47.1 Å². The molecule has 2 aromatic rings. The Balaban J connectivity index is 2.29. The van der Waals surface area contributed by atoms with Gasteiger partial charge in [0.1, 0.15) is 0 Å². The third-order valence-electron chi connectivity index (χ3n) is 4.12. The first-order valence-corrected chi connectivity index (χ1v) is 10.1. The highest BCUT2D eigenvalue weighted by Crippen LogP contribution is 2.29. The van der Waals surface area contributed by atoms with E-state index in [1.807, 2.05) is 31.4 Å². The molecule has 0 saturated carbocycles. The van der Waals surface area contributed by atoms with Crippen molar-refractivity contribution in [3.63, 3.8) is 0 Å². The summed E-state index contributed by atoms with van der Waals surface area (Å²) < 4.78 is 2.00. The highest BCUT2D eigenvalue weighted by atomic mass is 32.2. The highest BCUT2D eigenvalue weighted by Gasteiger charge is 2.21. The second-order valence-electron chi connectivity index (χ2n) is 7.96. The topological polar surface area (TPSA) is 59.8 Å². The zero-order valence-corrected chi connectivity index (χ0v) is 17.9. The van der Waals surface area contributed by atoms with Gasteiger partial charge < -0.3 is 5.32 Å². The number of hydrogen-bond acceptors (Lipinski definition) is 4. The van der Waals surface area contributed by atoms with Gasteiger partial charge in [-0.15, -0.1) is 16.8 Å². The molecule has 146 valence electrons. The molecule has 1 atom stereocenters. The number of allylic oxidation sites excluding steroid dienone is 1. The molecule has 0 spiro atoms. The first-order valence-electron chi connectivity index (χ1n) is 9.25. The Morgan fingerprint density at radius 2 is 1.85 bits per heavy atom. The van der Waals surface area contributed by atoms with Crippen LogP contribution in [0.15, 0.2) is 42.1 Å². The second-order valence-corrected chi connectivity index (χ2v) is 9.26. The molecule has 1 N–H and O–H groups in total. The summed E-state index contributed by atoms with van der Waals surface area (Å²) in [6, 6.07) is 8.53. The van der Waals surface area contributed by atoms with E-state index >= 15 is 0 Å². The summed E-state index contributed by atoms with van der Waals surface area (Å²) in [5.41, 5.74) is 2.38. The average Bonchev–Trinajstić information content (AvgIpc) is 2.96. The van der Waals surface area contributed by atoms with Crippen LogP contribution in [0.2, 0.25) is 0 Å². The highest BCUT2D eigenvalue weighted by molar-refractivity contribution is 8.00. The minimum atomic E-state index is -0.253. The Bertz CT molecular complexity index is 788. The van der Waals surface area contributed by atoms with Crippen LogP contribution >= 0.6 is 11.8 Å². The van der Waals surface area contributed by atoms with Crippen molar-refractivity contribution in [2.24, 2.45) is 0 Å². The predicted octanol–water partition coefficient (Wildman–Crippen LogP) is 4.43. The summed E-state index contributed by atoms with van der Waals surface area (Å²) in [6.45, 7) is 16.8. The van der Waals surface area contributed by atoms with Gasteiger partial charge in [-0.25, -0.2) is 0 Å². The first kappa shape index (κ1) is 21.2. The quantitative estimate of drug-likeness (QED) is 0.565. The minimum Gasteiger partial charge on any atom is -0.353 e. The lowest BCUT2D eigenvalue weighted by atomic mass is 9.87. The van der Waals surface area contributed by atoms with Crippen molar-refractivity contribution in [1.29, 1.82) is 0 Å². The van der Waals surface area contributed by atoms with Crippen molar-refractivity contribution in [2.45, 2.75) is 70.0 Å². The normalized spacial score (nSPS) is 12.9. The average molecular weight is 387 g/mol. The molecule has 0 bridgehead atoms. The fourth-order valence-electron chi connectivity index (χ4n) is 2.62. The number of nitrogens with zero attached hydrogens (tertiary/aromatic N) is 3. The van der Waals surface area contributed by atoms with E-state index in [2.05, 4.69) is 67.1 Å². The molecular formula is C21H30N4OS. The lowest BCUT2D eigenvalue weighted by molar-refractivity contribution is -0.120. The van der Waals surface area contributed by atoms with Gasteiger partial charge in [-0.1, -0.05) is 62.9 Å². The Morgan fingerprint density at radius 3 is 2.37 bits per heavy atom. The predicted molar refractivity (Wildman–Crippen MR) is 113 cm³/mol. The maximum Gasteiger partial charge on any atom is 0.233 e. The van der Waals surface area contributed by atoms with Gasteiger partial charge in [0.15, 0.2) is 11.0 Å². The number of carbonyl (C=O) groups excluding carboxylic acids is 1. The lowest BCUT2D eigenvalue weighted by Crippen LogP contribution is -2.36. The van der Waals surface area contributed by atoms with Crippen LogP contribution in [0.4, 0.5) is 0 Å². The van der Waals surface area contributed by atoms with Crippen LogP contribution < -0.4 is 5.32 Å². The maximum atomic E-state index is 12.2. The van der Waals surface area contributed by atoms with Gasteiger partial charge >= 0.3 is 0 Å². The van der Waals surface area contributed by atoms with Crippen LogP contribution in [0.5, 0.6) is 0 Å². The van der Waals surface area contributed by atoms with Gasteiger partial charge in [-0.2, -0.15) is 0 Å². The second kappa shape index (κ2) is 8.74. The van der Waals surface area contributed by atoms with Crippen LogP contribution in [-0.2, 0) is 16.8 Å². The molecule has 1 heterocycles. The number of rotatable bonds is 7. The molecule has 6 heteroatoms. The third-order valence-corrected chi connectivity index (χ3v) is 5.20. The molecule has 2 rings (SSSR count). The fraction of sp³-hybridized carbons (Fsp3) is 0.476.